The van der Waals surface area contributed by atoms with Crippen LogP contribution >= 0.6 is 0 Å². The van der Waals surface area contributed by atoms with Gasteiger partial charge < -0.3 is 14.4 Å². The van der Waals surface area contributed by atoms with Gasteiger partial charge in [0.05, 0.1) is 13.2 Å². The van der Waals surface area contributed by atoms with Gasteiger partial charge in [-0.05, 0) is 30.4 Å². The average Bonchev–Trinajstić information content (AvgIpc) is 2.58. The van der Waals surface area contributed by atoms with Gasteiger partial charge in [0.15, 0.2) is 0 Å². The van der Waals surface area contributed by atoms with Crippen molar-refractivity contribution in [3.05, 3.63) is 42.0 Å². The first kappa shape index (κ1) is 16.7. The van der Waals surface area contributed by atoms with Gasteiger partial charge in [-0.1, -0.05) is 30.3 Å². The van der Waals surface area contributed by atoms with Crippen LogP contribution < -0.4 is 0 Å². The minimum absolute atomic E-state index is 0.0996. The van der Waals surface area contributed by atoms with Gasteiger partial charge in [0.2, 0.25) is 5.91 Å². The number of hydrogen-bond acceptors (Lipinski definition) is 3. The molecule has 1 aromatic rings. The van der Waals surface area contributed by atoms with Gasteiger partial charge in [-0.2, -0.15) is 0 Å². The van der Waals surface area contributed by atoms with E-state index in [4.69, 9.17) is 9.47 Å². The summed E-state index contributed by atoms with van der Waals surface area (Å²) in [6.07, 6.45) is 5.57. The molecule has 1 saturated heterocycles. The average molecular weight is 303 g/mol. The van der Waals surface area contributed by atoms with Gasteiger partial charge >= 0.3 is 0 Å². The van der Waals surface area contributed by atoms with E-state index in [9.17, 15) is 4.79 Å². The molecule has 0 saturated carbocycles. The topological polar surface area (TPSA) is 38.8 Å². The number of rotatable bonds is 7. The van der Waals surface area contributed by atoms with Gasteiger partial charge in [-0.25, -0.2) is 0 Å². The van der Waals surface area contributed by atoms with Gasteiger partial charge in [-0.3, -0.25) is 4.79 Å². The summed E-state index contributed by atoms with van der Waals surface area (Å²) >= 11 is 0. The first-order valence-corrected chi connectivity index (χ1v) is 7.88. The molecule has 0 aliphatic carbocycles. The molecule has 0 unspecified atom stereocenters. The minimum atomic E-state index is 0.0996. The highest BCUT2D eigenvalue weighted by molar-refractivity contribution is 5.91. The lowest BCUT2D eigenvalue weighted by Crippen LogP contribution is -2.38. The summed E-state index contributed by atoms with van der Waals surface area (Å²) in [6.45, 7) is 3.69. The molecule has 0 radical (unpaired) electrons. The molecule has 1 fully saturated rings. The first-order chi connectivity index (χ1) is 10.8. The van der Waals surface area contributed by atoms with Crippen molar-refractivity contribution < 1.29 is 14.3 Å². The molecule has 1 aromatic carbocycles. The molecular weight excluding hydrogens is 278 g/mol. The van der Waals surface area contributed by atoms with Crippen LogP contribution in [0.5, 0.6) is 0 Å². The number of carbonyl (C=O) groups excluding carboxylic acids is 1. The van der Waals surface area contributed by atoms with Gasteiger partial charge in [-0.15, -0.1) is 0 Å². The van der Waals surface area contributed by atoms with Crippen LogP contribution in [-0.4, -0.2) is 50.8 Å². The minimum Gasteiger partial charge on any atom is -0.382 e. The maximum atomic E-state index is 12.2. The maximum absolute atomic E-state index is 12.2. The number of hydrogen-bond donors (Lipinski definition) is 0. The van der Waals surface area contributed by atoms with Crippen LogP contribution in [0.3, 0.4) is 0 Å². The fourth-order valence-corrected chi connectivity index (χ4v) is 2.55. The fraction of sp³-hybridized carbons (Fsp3) is 0.500. The maximum Gasteiger partial charge on any atom is 0.246 e. The number of carbonyl (C=O) groups is 1. The Labute approximate surface area is 132 Å². The van der Waals surface area contributed by atoms with E-state index in [2.05, 4.69) is 0 Å². The number of amides is 1. The first-order valence-electron chi connectivity index (χ1n) is 7.88. The summed E-state index contributed by atoms with van der Waals surface area (Å²) in [6, 6.07) is 9.90. The zero-order chi connectivity index (χ0) is 15.6. The Bertz CT molecular complexity index is 464. The molecule has 120 valence electrons. The van der Waals surface area contributed by atoms with Crippen molar-refractivity contribution in [2.45, 2.75) is 12.8 Å². The number of ether oxygens (including phenoxy) is 2. The lowest BCUT2D eigenvalue weighted by Gasteiger charge is -2.31. The summed E-state index contributed by atoms with van der Waals surface area (Å²) in [5.74, 6) is 0.654. The molecular formula is C18H25NO3. The molecule has 2 rings (SSSR count). The Hall–Kier alpha value is -1.65. The summed E-state index contributed by atoms with van der Waals surface area (Å²) < 4.78 is 10.5. The van der Waals surface area contributed by atoms with E-state index in [1.807, 2.05) is 41.3 Å². The van der Waals surface area contributed by atoms with Crippen molar-refractivity contribution in [2.24, 2.45) is 5.92 Å². The second-order valence-corrected chi connectivity index (χ2v) is 5.58. The second kappa shape index (κ2) is 9.38. The molecule has 1 aliphatic rings. The van der Waals surface area contributed by atoms with Gasteiger partial charge in [0.25, 0.3) is 0 Å². The van der Waals surface area contributed by atoms with E-state index in [-0.39, 0.29) is 5.91 Å². The van der Waals surface area contributed by atoms with Crippen LogP contribution in [0.2, 0.25) is 0 Å². The van der Waals surface area contributed by atoms with E-state index in [1.54, 1.807) is 13.2 Å². The van der Waals surface area contributed by atoms with Crippen LogP contribution in [0.25, 0.3) is 6.08 Å². The van der Waals surface area contributed by atoms with Crippen molar-refractivity contribution in [3.8, 4) is 0 Å². The SMILES string of the molecule is COCCOCC1CCN(C(=O)/C=C/c2ccccc2)CC1. The third kappa shape index (κ3) is 5.62. The monoisotopic (exact) mass is 303 g/mol. The third-order valence-corrected chi connectivity index (χ3v) is 3.93. The zero-order valence-electron chi connectivity index (χ0n) is 13.2. The molecule has 0 bridgehead atoms. The van der Waals surface area contributed by atoms with Crippen molar-refractivity contribution in [1.82, 2.24) is 4.90 Å². The summed E-state index contributed by atoms with van der Waals surface area (Å²) in [7, 11) is 1.68. The van der Waals surface area contributed by atoms with Crippen molar-refractivity contribution >= 4 is 12.0 Å². The van der Waals surface area contributed by atoms with E-state index < -0.39 is 0 Å². The van der Waals surface area contributed by atoms with Crippen LogP contribution in [0.15, 0.2) is 36.4 Å². The molecule has 0 aromatic heterocycles. The van der Waals surface area contributed by atoms with E-state index >= 15 is 0 Å². The predicted molar refractivity (Wildman–Crippen MR) is 87.5 cm³/mol. The molecule has 1 heterocycles. The Morgan fingerprint density at radius 1 is 1.23 bits per heavy atom. The van der Waals surface area contributed by atoms with Crippen LogP contribution in [0.4, 0.5) is 0 Å². The van der Waals surface area contributed by atoms with Crippen molar-refractivity contribution in [2.75, 3.05) is 40.0 Å². The number of piperidine rings is 1. The van der Waals surface area contributed by atoms with Gasteiger partial charge in [0, 0.05) is 32.9 Å². The third-order valence-electron chi connectivity index (χ3n) is 3.93. The quantitative estimate of drug-likeness (QED) is 0.574. The highest BCUT2D eigenvalue weighted by atomic mass is 16.5. The molecule has 1 amide bonds. The number of benzene rings is 1. The second-order valence-electron chi connectivity index (χ2n) is 5.58. The molecule has 0 spiro atoms. The van der Waals surface area contributed by atoms with Crippen molar-refractivity contribution in [1.29, 1.82) is 0 Å². The largest absolute Gasteiger partial charge is 0.382 e. The standard InChI is InChI=1S/C18H25NO3/c1-21-13-14-22-15-17-9-11-19(12-10-17)18(20)8-7-16-5-3-2-4-6-16/h2-8,17H,9-15H2,1H3/b8-7+. The van der Waals surface area contributed by atoms with E-state index in [0.717, 1.165) is 38.1 Å². The Kier molecular flexibility index (Phi) is 7.13. The number of methoxy groups -OCH3 is 1. The molecule has 22 heavy (non-hydrogen) atoms. The van der Waals surface area contributed by atoms with Crippen LogP contribution in [-0.2, 0) is 14.3 Å². The highest BCUT2D eigenvalue weighted by Gasteiger charge is 2.21. The Morgan fingerprint density at radius 3 is 2.64 bits per heavy atom. The molecule has 0 atom stereocenters. The van der Waals surface area contributed by atoms with Crippen LogP contribution in [0.1, 0.15) is 18.4 Å². The van der Waals surface area contributed by atoms with Crippen molar-refractivity contribution in [3.63, 3.8) is 0 Å². The van der Waals surface area contributed by atoms with Crippen LogP contribution in [0, 0.1) is 5.92 Å². The molecule has 4 nitrogen and oxygen atoms in total. The van der Waals surface area contributed by atoms with E-state index in [0.29, 0.717) is 19.1 Å². The highest BCUT2D eigenvalue weighted by Crippen LogP contribution is 2.18. The Morgan fingerprint density at radius 2 is 1.95 bits per heavy atom. The summed E-state index contributed by atoms with van der Waals surface area (Å²) in [5.41, 5.74) is 1.05. The smallest absolute Gasteiger partial charge is 0.246 e. The fourth-order valence-electron chi connectivity index (χ4n) is 2.55. The number of nitrogens with zero attached hydrogens (tertiary/aromatic N) is 1. The zero-order valence-corrected chi connectivity index (χ0v) is 13.2. The van der Waals surface area contributed by atoms with Gasteiger partial charge in [0.1, 0.15) is 0 Å². The normalized spacial score (nSPS) is 16.3. The lowest BCUT2D eigenvalue weighted by atomic mass is 9.98. The molecule has 0 N–H and O–H groups in total. The number of likely N-dealkylation sites (tertiary alicyclic amines) is 1. The predicted octanol–water partition coefficient (Wildman–Crippen LogP) is 2.60. The summed E-state index contributed by atoms with van der Waals surface area (Å²) in [5, 5.41) is 0. The molecule has 4 heteroatoms. The Balaban J connectivity index is 1.70. The summed E-state index contributed by atoms with van der Waals surface area (Å²) in [4.78, 5) is 14.1. The molecule has 1 aliphatic heterocycles. The lowest BCUT2D eigenvalue weighted by molar-refractivity contribution is -0.127. The van der Waals surface area contributed by atoms with E-state index in [1.165, 1.54) is 0 Å².